The van der Waals surface area contributed by atoms with Crippen LogP contribution in [0.1, 0.15) is 23.1 Å². The third kappa shape index (κ3) is 4.03. The Morgan fingerprint density at radius 2 is 2.18 bits per heavy atom. The lowest BCUT2D eigenvalue weighted by Crippen LogP contribution is -2.28. The molecular formula is C10H10F3NO3. The molecule has 0 fully saturated rings. The van der Waals surface area contributed by atoms with Crippen LogP contribution in [0.3, 0.4) is 0 Å². The van der Waals surface area contributed by atoms with Crippen LogP contribution in [0.25, 0.3) is 0 Å². The van der Waals surface area contributed by atoms with E-state index in [0.29, 0.717) is 0 Å². The maximum atomic E-state index is 12.1. The minimum absolute atomic E-state index is 0.140. The average Bonchev–Trinajstić information content (AvgIpc) is 2.25. The SMILES string of the molecule is CC(OCc1cccc(C(=O)O)n1)C(F)(F)F. The molecule has 1 atom stereocenters. The lowest BCUT2D eigenvalue weighted by molar-refractivity contribution is -0.217. The quantitative estimate of drug-likeness (QED) is 0.889. The van der Waals surface area contributed by atoms with Crippen molar-refractivity contribution in [3.8, 4) is 0 Å². The molecule has 0 bridgehead atoms. The third-order valence-corrected chi connectivity index (χ3v) is 1.97. The van der Waals surface area contributed by atoms with Gasteiger partial charge in [-0.2, -0.15) is 13.2 Å². The number of rotatable bonds is 4. The fourth-order valence-corrected chi connectivity index (χ4v) is 0.984. The molecule has 0 saturated heterocycles. The standard InChI is InChI=1S/C10H10F3NO3/c1-6(10(11,12)13)17-5-7-3-2-4-8(14-7)9(15)16/h2-4,6H,5H2,1H3,(H,15,16). The van der Waals surface area contributed by atoms with Crippen LogP contribution >= 0.6 is 0 Å². The van der Waals surface area contributed by atoms with E-state index in [9.17, 15) is 18.0 Å². The van der Waals surface area contributed by atoms with Gasteiger partial charge in [-0.05, 0) is 19.1 Å². The van der Waals surface area contributed by atoms with Crippen LogP contribution in [0.15, 0.2) is 18.2 Å². The van der Waals surface area contributed by atoms with Gasteiger partial charge in [-0.25, -0.2) is 9.78 Å². The summed E-state index contributed by atoms with van der Waals surface area (Å²) < 4.78 is 40.9. The predicted octanol–water partition coefficient (Wildman–Crippen LogP) is 2.25. The van der Waals surface area contributed by atoms with Gasteiger partial charge in [-0.15, -0.1) is 0 Å². The van der Waals surface area contributed by atoms with Crippen molar-refractivity contribution < 1.29 is 27.8 Å². The zero-order valence-electron chi connectivity index (χ0n) is 8.86. The molecule has 1 heterocycles. The molecule has 0 spiro atoms. The van der Waals surface area contributed by atoms with Crippen LogP contribution in [0, 0.1) is 0 Å². The van der Waals surface area contributed by atoms with E-state index in [4.69, 9.17) is 5.11 Å². The van der Waals surface area contributed by atoms with Crippen LogP contribution in [-0.4, -0.2) is 28.3 Å². The Morgan fingerprint density at radius 1 is 1.53 bits per heavy atom. The molecule has 1 unspecified atom stereocenters. The molecule has 0 aliphatic rings. The second-order valence-electron chi connectivity index (χ2n) is 3.31. The molecule has 1 rings (SSSR count). The molecule has 0 aromatic carbocycles. The van der Waals surface area contributed by atoms with Gasteiger partial charge < -0.3 is 9.84 Å². The zero-order valence-corrected chi connectivity index (χ0v) is 8.86. The van der Waals surface area contributed by atoms with Gasteiger partial charge in [0.1, 0.15) is 5.69 Å². The number of aromatic nitrogens is 1. The van der Waals surface area contributed by atoms with E-state index in [1.165, 1.54) is 18.2 Å². The number of carboxylic acid groups (broad SMARTS) is 1. The Morgan fingerprint density at radius 3 is 2.71 bits per heavy atom. The summed E-state index contributed by atoms with van der Waals surface area (Å²) in [7, 11) is 0. The van der Waals surface area contributed by atoms with Crippen LogP contribution in [0.4, 0.5) is 13.2 Å². The van der Waals surface area contributed by atoms with E-state index in [1.807, 2.05) is 0 Å². The fourth-order valence-electron chi connectivity index (χ4n) is 0.984. The monoisotopic (exact) mass is 249 g/mol. The first kappa shape index (κ1) is 13.4. The number of aromatic carboxylic acids is 1. The van der Waals surface area contributed by atoms with Crippen molar-refractivity contribution in [2.24, 2.45) is 0 Å². The van der Waals surface area contributed by atoms with E-state index in [2.05, 4.69) is 9.72 Å². The second-order valence-corrected chi connectivity index (χ2v) is 3.31. The predicted molar refractivity (Wildman–Crippen MR) is 51.5 cm³/mol. The fraction of sp³-hybridized carbons (Fsp3) is 0.400. The lowest BCUT2D eigenvalue weighted by atomic mass is 10.3. The molecular weight excluding hydrogens is 239 g/mol. The molecule has 0 amide bonds. The summed E-state index contributed by atoms with van der Waals surface area (Å²) in [6, 6.07) is 4.04. The van der Waals surface area contributed by atoms with Crippen LogP contribution < -0.4 is 0 Å². The number of nitrogens with zero attached hydrogens (tertiary/aromatic N) is 1. The van der Waals surface area contributed by atoms with E-state index >= 15 is 0 Å². The number of alkyl halides is 3. The molecule has 94 valence electrons. The summed E-state index contributed by atoms with van der Waals surface area (Å²) in [4.78, 5) is 14.2. The van der Waals surface area contributed by atoms with Gasteiger partial charge in [-0.1, -0.05) is 6.07 Å². The second kappa shape index (κ2) is 5.13. The van der Waals surface area contributed by atoms with Gasteiger partial charge in [0.25, 0.3) is 0 Å². The molecule has 1 N–H and O–H groups in total. The molecule has 4 nitrogen and oxygen atoms in total. The van der Waals surface area contributed by atoms with Crippen molar-refractivity contribution in [1.82, 2.24) is 4.98 Å². The average molecular weight is 249 g/mol. The minimum atomic E-state index is -4.44. The molecule has 0 aliphatic carbocycles. The minimum Gasteiger partial charge on any atom is -0.477 e. The van der Waals surface area contributed by atoms with Gasteiger partial charge in [-0.3, -0.25) is 0 Å². The maximum Gasteiger partial charge on any atom is 0.414 e. The first-order valence-corrected chi connectivity index (χ1v) is 4.68. The van der Waals surface area contributed by atoms with Gasteiger partial charge >= 0.3 is 12.1 Å². The number of ether oxygens (including phenoxy) is 1. The van der Waals surface area contributed by atoms with Crippen molar-refractivity contribution in [2.75, 3.05) is 0 Å². The summed E-state index contributed by atoms with van der Waals surface area (Å²) in [5, 5.41) is 8.63. The van der Waals surface area contributed by atoms with E-state index < -0.39 is 18.2 Å². The molecule has 1 aromatic heterocycles. The Kier molecular flexibility index (Phi) is 4.06. The van der Waals surface area contributed by atoms with Crippen molar-refractivity contribution in [2.45, 2.75) is 25.8 Å². The summed E-state index contributed by atoms with van der Waals surface area (Å²) in [6.45, 7) is 0.489. The van der Waals surface area contributed by atoms with Crippen LogP contribution in [-0.2, 0) is 11.3 Å². The summed E-state index contributed by atoms with van der Waals surface area (Å²) >= 11 is 0. The first-order chi connectivity index (χ1) is 7.80. The van der Waals surface area contributed by atoms with Crippen LogP contribution in [0.2, 0.25) is 0 Å². The number of hydrogen-bond acceptors (Lipinski definition) is 3. The van der Waals surface area contributed by atoms with Crippen molar-refractivity contribution in [1.29, 1.82) is 0 Å². The van der Waals surface area contributed by atoms with E-state index in [1.54, 1.807) is 0 Å². The van der Waals surface area contributed by atoms with Gasteiger partial charge in [0, 0.05) is 0 Å². The number of halogens is 3. The highest BCUT2D eigenvalue weighted by molar-refractivity contribution is 5.85. The highest BCUT2D eigenvalue weighted by Crippen LogP contribution is 2.22. The molecule has 7 heteroatoms. The molecule has 1 aromatic rings. The Bertz CT molecular complexity index is 406. The zero-order chi connectivity index (χ0) is 13.1. The molecule has 17 heavy (non-hydrogen) atoms. The van der Waals surface area contributed by atoms with Gasteiger partial charge in [0.2, 0.25) is 0 Å². The van der Waals surface area contributed by atoms with Gasteiger partial charge in [0.05, 0.1) is 12.3 Å². The Hall–Kier alpha value is -1.63. The highest BCUT2D eigenvalue weighted by atomic mass is 19.4. The van der Waals surface area contributed by atoms with Crippen molar-refractivity contribution >= 4 is 5.97 Å². The molecule has 0 radical (unpaired) electrons. The Labute approximate surface area is 95.0 Å². The third-order valence-electron chi connectivity index (χ3n) is 1.97. The summed E-state index contributed by atoms with van der Waals surface area (Å²) in [6.07, 6.45) is -6.36. The van der Waals surface area contributed by atoms with E-state index in [-0.39, 0.29) is 18.0 Å². The number of carbonyl (C=O) groups is 1. The normalized spacial score (nSPS) is 13.4. The van der Waals surface area contributed by atoms with Gasteiger partial charge in [0.15, 0.2) is 6.10 Å². The summed E-state index contributed by atoms with van der Waals surface area (Å²) in [5.41, 5.74) is -0.0910. The number of pyridine rings is 1. The Balaban J connectivity index is 2.64. The molecule has 0 aliphatic heterocycles. The smallest absolute Gasteiger partial charge is 0.414 e. The summed E-state index contributed by atoms with van der Waals surface area (Å²) in [5.74, 6) is -1.24. The van der Waals surface area contributed by atoms with Crippen molar-refractivity contribution in [3.63, 3.8) is 0 Å². The highest BCUT2D eigenvalue weighted by Gasteiger charge is 2.36. The number of hydrogen-bond donors (Lipinski definition) is 1. The lowest BCUT2D eigenvalue weighted by Gasteiger charge is -2.15. The largest absolute Gasteiger partial charge is 0.477 e. The van der Waals surface area contributed by atoms with Crippen molar-refractivity contribution in [3.05, 3.63) is 29.6 Å². The first-order valence-electron chi connectivity index (χ1n) is 4.68. The van der Waals surface area contributed by atoms with Crippen LogP contribution in [0.5, 0.6) is 0 Å². The molecule has 0 saturated carbocycles. The topological polar surface area (TPSA) is 59.4 Å². The maximum absolute atomic E-state index is 12.1. The number of carboxylic acids is 1. The van der Waals surface area contributed by atoms with E-state index in [0.717, 1.165) is 6.92 Å².